The van der Waals surface area contributed by atoms with Gasteiger partial charge in [0.1, 0.15) is 0 Å². The molecular formula is C25H34N2S. The molecule has 0 spiro atoms. The summed E-state index contributed by atoms with van der Waals surface area (Å²) in [4.78, 5) is 4.97. The second kappa shape index (κ2) is 9.28. The molecule has 1 aromatic heterocycles. The minimum Gasteiger partial charge on any atom is -0.260 e. The lowest BCUT2D eigenvalue weighted by atomic mass is 9.75. The Morgan fingerprint density at radius 2 is 1.82 bits per heavy atom. The van der Waals surface area contributed by atoms with Crippen molar-refractivity contribution in [3.05, 3.63) is 69.5 Å². The highest BCUT2D eigenvalue weighted by molar-refractivity contribution is 7.96. The quantitative estimate of drug-likeness (QED) is 0.535. The third-order valence-corrected chi connectivity index (χ3v) is 6.68. The van der Waals surface area contributed by atoms with Gasteiger partial charge in [0.05, 0.1) is 5.69 Å². The fourth-order valence-corrected chi connectivity index (χ4v) is 5.06. The van der Waals surface area contributed by atoms with E-state index in [1.807, 2.05) is 18.1 Å². The van der Waals surface area contributed by atoms with Crippen LogP contribution in [0, 0.1) is 26.7 Å². The van der Waals surface area contributed by atoms with E-state index in [-0.39, 0.29) is 0 Å². The maximum absolute atomic E-state index is 4.97. The summed E-state index contributed by atoms with van der Waals surface area (Å²) in [5, 5.41) is 0. The number of rotatable bonds is 5. The van der Waals surface area contributed by atoms with Crippen molar-refractivity contribution in [1.82, 2.24) is 9.29 Å². The average molecular weight is 395 g/mol. The number of hydrogen-bond donors (Lipinski definition) is 0. The van der Waals surface area contributed by atoms with Crippen molar-refractivity contribution in [2.24, 2.45) is 5.92 Å². The SMILES string of the molecule is CSN1CCC(C(c2ccc(C)cc2C=C(C)C)c2ncc(C)cc2C)CC1. The highest BCUT2D eigenvalue weighted by atomic mass is 32.2. The summed E-state index contributed by atoms with van der Waals surface area (Å²) in [6, 6.07) is 9.26. The maximum Gasteiger partial charge on any atom is 0.0510 e. The van der Waals surface area contributed by atoms with Gasteiger partial charge in [-0.15, -0.1) is 0 Å². The number of hydrogen-bond acceptors (Lipinski definition) is 3. The van der Waals surface area contributed by atoms with Crippen molar-refractivity contribution in [1.29, 1.82) is 0 Å². The van der Waals surface area contributed by atoms with Gasteiger partial charge in [0.2, 0.25) is 0 Å². The molecule has 3 rings (SSSR count). The van der Waals surface area contributed by atoms with E-state index in [2.05, 4.69) is 75.5 Å². The van der Waals surface area contributed by atoms with Crippen molar-refractivity contribution in [2.45, 2.75) is 53.4 Å². The van der Waals surface area contributed by atoms with Crippen LogP contribution in [0.15, 0.2) is 36.0 Å². The van der Waals surface area contributed by atoms with E-state index >= 15 is 0 Å². The maximum atomic E-state index is 4.97. The molecule has 28 heavy (non-hydrogen) atoms. The molecular weight excluding hydrogens is 360 g/mol. The van der Waals surface area contributed by atoms with E-state index in [0.29, 0.717) is 11.8 Å². The van der Waals surface area contributed by atoms with Gasteiger partial charge in [0.15, 0.2) is 0 Å². The smallest absolute Gasteiger partial charge is 0.0510 e. The van der Waals surface area contributed by atoms with Crippen molar-refractivity contribution >= 4 is 18.0 Å². The highest BCUT2D eigenvalue weighted by Crippen LogP contribution is 2.41. The van der Waals surface area contributed by atoms with Gasteiger partial charge in [0.25, 0.3) is 0 Å². The number of allylic oxidation sites excluding steroid dienone is 1. The Bertz CT molecular complexity index is 844. The van der Waals surface area contributed by atoms with Crippen LogP contribution in [0.5, 0.6) is 0 Å². The summed E-state index contributed by atoms with van der Waals surface area (Å²) in [6.45, 7) is 13.3. The summed E-state index contributed by atoms with van der Waals surface area (Å²) in [5.74, 6) is 0.986. The van der Waals surface area contributed by atoms with Crippen LogP contribution in [-0.4, -0.2) is 28.6 Å². The molecule has 2 aromatic rings. The lowest BCUT2D eigenvalue weighted by Crippen LogP contribution is -2.32. The first-order valence-electron chi connectivity index (χ1n) is 10.4. The first kappa shape index (κ1) is 21.1. The number of aromatic nitrogens is 1. The standard InChI is InChI=1S/C25H34N2S/c1-17(2)13-22-15-18(3)7-8-23(22)24(21-9-11-27(28-6)12-10-21)25-20(5)14-19(4)16-26-25/h7-8,13-16,21,24H,9-12H2,1-6H3. The number of nitrogens with zero attached hydrogens (tertiary/aromatic N) is 2. The first-order valence-corrected chi connectivity index (χ1v) is 11.5. The molecule has 1 atom stereocenters. The topological polar surface area (TPSA) is 16.1 Å². The van der Waals surface area contributed by atoms with Crippen molar-refractivity contribution in [2.75, 3.05) is 19.3 Å². The number of pyridine rings is 1. The van der Waals surface area contributed by atoms with Gasteiger partial charge < -0.3 is 0 Å². The van der Waals surface area contributed by atoms with E-state index < -0.39 is 0 Å². The van der Waals surface area contributed by atoms with Crippen LogP contribution in [0.25, 0.3) is 6.08 Å². The molecule has 1 fully saturated rings. The third kappa shape index (κ3) is 4.87. The van der Waals surface area contributed by atoms with Gasteiger partial charge in [-0.2, -0.15) is 0 Å². The molecule has 0 radical (unpaired) electrons. The molecule has 0 bridgehead atoms. The molecule has 0 N–H and O–H groups in total. The molecule has 2 heterocycles. The fourth-order valence-electron chi connectivity index (χ4n) is 4.48. The molecule has 1 saturated heterocycles. The molecule has 3 heteroatoms. The largest absolute Gasteiger partial charge is 0.260 e. The molecule has 150 valence electrons. The summed E-state index contributed by atoms with van der Waals surface area (Å²) < 4.78 is 2.50. The van der Waals surface area contributed by atoms with Gasteiger partial charge in [-0.3, -0.25) is 9.29 Å². The van der Waals surface area contributed by atoms with Crippen molar-refractivity contribution < 1.29 is 0 Å². The fraction of sp³-hybridized carbons (Fsp3) is 0.480. The Morgan fingerprint density at radius 1 is 1.11 bits per heavy atom. The van der Waals surface area contributed by atoms with Crippen LogP contribution in [0.4, 0.5) is 0 Å². The second-order valence-electron chi connectivity index (χ2n) is 8.50. The van der Waals surface area contributed by atoms with Crippen LogP contribution in [0.2, 0.25) is 0 Å². The summed E-state index contributed by atoms with van der Waals surface area (Å²) >= 11 is 1.88. The zero-order valence-electron chi connectivity index (χ0n) is 18.2. The lowest BCUT2D eigenvalue weighted by molar-refractivity contribution is 0.269. The highest BCUT2D eigenvalue weighted by Gasteiger charge is 2.31. The van der Waals surface area contributed by atoms with E-state index in [0.717, 1.165) is 13.1 Å². The zero-order chi connectivity index (χ0) is 20.3. The Hall–Kier alpha value is -1.58. The van der Waals surface area contributed by atoms with Crippen LogP contribution >= 0.6 is 11.9 Å². The van der Waals surface area contributed by atoms with E-state index in [1.54, 1.807) is 0 Å². The molecule has 1 aromatic carbocycles. The summed E-state index contributed by atoms with van der Waals surface area (Å²) in [6.07, 6.45) is 9.03. The van der Waals surface area contributed by atoms with Gasteiger partial charge in [-0.1, -0.05) is 53.4 Å². The lowest BCUT2D eigenvalue weighted by Gasteiger charge is -2.36. The van der Waals surface area contributed by atoms with Gasteiger partial charge in [-0.25, -0.2) is 0 Å². The monoisotopic (exact) mass is 394 g/mol. The Labute approximate surface area is 175 Å². The van der Waals surface area contributed by atoms with E-state index in [9.17, 15) is 0 Å². The molecule has 0 aliphatic carbocycles. The zero-order valence-corrected chi connectivity index (χ0v) is 19.1. The average Bonchev–Trinajstić information content (AvgIpc) is 2.65. The molecule has 0 amide bonds. The Balaban J connectivity index is 2.11. The van der Waals surface area contributed by atoms with E-state index in [1.165, 1.54) is 51.9 Å². The van der Waals surface area contributed by atoms with E-state index in [4.69, 9.17) is 4.98 Å². The minimum absolute atomic E-state index is 0.357. The van der Waals surface area contributed by atoms with Crippen LogP contribution in [0.1, 0.15) is 66.1 Å². The summed E-state index contributed by atoms with van der Waals surface area (Å²) in [7, 11) is 0. The molecule has 1 aliphatic rings. The molecule has 2 nitrogen and oxygen atoms in total. The Morgan fingerprint density at radius 3 is 2.43 bits per heavy atom. The van der Waals surface area contributed by atoms with Gasteiger partial charge in [-0.05, 0) is 81.9 Å². The van der Waals surface area contributed by atoms with Gasteiger partial charge in [0, 0.05) is 25.2 Å². The molecule has 0 saturated carbocycles. The number of piperidine rings is 1. The second-order valence-corrected chi connectivity index (χ2v) is 9.38. The predicted molar refractivity (Wildman–Crippen MR) is 124 cm³/mol. The third-order valence-electron chi connectivity index (χ3n) is 5.80. The van der Waals surface area contributed by atoms with Crippen molar-refractivity contribution in [3.8, 4) is 0 Å². The summed E-state index contributed by atoms with van der Waals surface area (Å²) in [5.41, 5.74) is 9.29. The predicted octanol–water partition coefficient (Wildman–Crippen LogP) is 6.55. The van der Waals surface area contributed by atoms with Crippen LogP contribution in [-0.2, 0) is 0 Å². The van der Waals surface area contributed by atoms with Crippen molar-refractivity contribution in [3.63, 3.8) is 0 Å². The van der Waals surface area contributed by atoms with Crippen LogP contribution in [0.3, 0.4) is 0 Å². The van der Waals surface area contributed by atoms with Gasteiger partial charge >= 0.3 is 0 Å². The molecule has 1 unspecified atom stereocenters. The number of aryl methyl sites for hydroxylation is 3. The molecule has 1 aliphatic heterocycles. The number of benzene rings is 1. The Kier molecular flexibility index (Phi) is 7.00. The minimum atomic E-state index is 0.357. The van der Waals surface area contributed by atoms with Crippen LogP contribution < -0.4 is 0 Å². The first-order chi connectivity index (χ1) is 13.4. The normalized spacial score (nSPS) is 16.8.